The van der Waals surface area contributed by atoms with Crippen molar-refractivity contribution in [2.45, 2.75) is 6.92 Å². The van der Waals surface area contributed by atoms with Crippen LogP contribution in [0.5, 0.6) is 0 Å². The van der Waals surface area contributed by atoms with Gasteiger partial charge < -0.3 is 15.4 Å². The monoisotopic (exact) mass is 598 g/mol. The summed E-state index contributed by atoms with van der Waals surface area (Å²) in [5, 5.41) is 8.89. The summed E-state index contributed by atoms with van der Waals surface area (Å²) in [7, 11) is -10.7. The second-order valence-corrected chi connectivity index (χ2v) is 8.23. The Morgan fingerprint density at radius 3 is 0.865 bits per heavy atom. The second kappa shape index (κ2) is 15.0. The molecule has 0 radical (unpaired) electrons. The number of carbonyl (C=O) groups excluding carboxylic acids is 1. The Hall–Kier alpha value is -3.34. The van der Waals surface area contributed by atoms with Crippen LogP contribution in [0.3, 0.4) is 0 Å². The van der Waals surface area contributed by atoms with Gasteiger partial charge >= 0.3 is 52.5 Å². The number of aliphatic carboxylic acids is 1. The minimum absolute atomic E-state index is 0. The molecule has 0 saturated carbocycles. The number of pyridine rings is 4. The zero-order valence-electron chi connectivity index (χ0n) is 19.3. The first kappa shape index (κ1) is 35.8. The molecule has 0 spiro atoms. The van der Waals surface area contributed by atoms with Gasteiger partial charge in [0, 0.05) is 30.8 Å². The third kappa shape index (κ3) is 22.8. The maximum atomic E-state index is 9.87. The molecule has 0 atom stereocenters. The third-order valence-corrected chi connectivity index (χ3v) is 3.18. The molecule has 0 aromatic carbocycles. The van der Waals surface area contributed by atoms with Crippen molar-refractivity contribution < 1.29 is 60.0 Å². The van der Waals surface area contributed by atoms with E-state index in [1.807, 2.05) is 72.8 Å². The molecule has 4 aromatic rings. The SMILES string of the molecule is CC(=O)[O-].F[P-](F)(F)(F)(F)F.O.[Zn+2].c1ccc(-c2ccccn2)nc1.c1ccc(-c2ccccn2)nc1. The molecule has 0 aliphatic heterocycles. The maximum absolute atomic E-state index is 10.7. The summed E-state index contributed by atoms with van der Waals surface area (Å²) >= 11 is 0. The summed E-state index contributed by atoms with van der Waals surface area (Å²) in [6.07, 6.45) is 7.07. The summed E-state index contributed by atoms with van der Waals surface area (Å²) in [5.74, 6) is -1.08. The Morgan fingerprint density at radius 2 is 0.757 bits per heavy atom. The minimum atomic E-state index is -10.7. The van der Waals surface area contributed by atoms with Crippen LogP contribution in [-0.4, -0.2) is 31.4 Å². The molecule has 4 heterocycles. The number of halogens is 6. The van der Waals surface area contributed by atoms with Crippen LogP contribution in [0.15, 0.2) is 97.6 Å². The zero-order valence-corrected chi connectivity index (χ0v) is 23.1. The molecule has 196 valence electrons. The maximum Gasteiger partial charge on any atom is 2.00 e. The zero-order chi connectivity index (χ0) is 26.4. The van der Waals surface area contributed by atoms with Gasteiger partial charge in [0.05, 0.1) is 22.8 Å². The molecule has 0 amide bonds. The molecule has 4 aromatic heterocycles. The van der Waals surface area contributed by atoms with Crippen LogP contribution in [0, 0.1) is 0 Å². The number of hydrogen-bond donors (Lipinski definition) is 0. The Morgan fingerprint density at radius 1 is 0.595 bits per heavy atom. The quantitative estimate of drug-likeness (QED) is 0.168. The van der Waals surface area contributed by atoms with Gasteiger partial charge in [0.1, 0.15) is 0 Å². The van der Waals surface area contributed by atoms with Crippen molar-refractivity contribution >= 4 is 13.8 Å². The molecule has 0 aliphatic rings. The van der Waals surface area contributed by atoms with Crippen molar-refractivity contribution in [2.24, 2.45) is 0 Å². The Labute approximate surface area is 221 Å². The van der Waals surface area contributed by atoms with E-state index in [1.54, 1.807) is 24.8 Å². The van der Waals surface area contributed by atoms with Crippen LogP contribution >= 0.6 is 7.81 Å². The Balaban J connectivity index is 0. The number of carbonyl (C=O) groups is 1. The first-order chi connectivity index (χ1) is 16.1. The molecule has 0 aliphatic carbocycles. The van der Waals surface area contributed by atoms with E-state index in [0.29, 0.717) is 0 Å². The van der Waals surface area contributed by atoms with Crippen LogP contribution in [0.1, 0.15) is 6.92 Å². The van der Waals surface area contributed by atoms with Gasteiger partial charge in [0.25, 0.3) is 0 Å². The third-order valence-electron chi connectivity index (χ3n) is 3.18. The van der Waals surface area contributed by atoms with E-state index in [1.165, 1.54) is 0 Å². The van der Waals surface area contributed by atoms with Crippen molar-refractivity contribution in [2.75, 3.05) is 0 Å². The van der Waals surface area contributed by atoms with Gasteiger partial charge in [-0.15, -0.1) is 0 Å². The molecule has 15 heteroatoms. The number of aromatic nitrogens is 4. The molecule has 7 nitrogen and oxygen atoms in total. The van der Waals surface area contributed by atoms with Gasteiger partial charge in [-0.1, -0.05) is 24.3 Å². The summed E-state index contributed by atoms with van der Waals surface area (Å²) in [6, 6.07) is 23.2. The predicted molar refractivity (Wildman–Crippen MR) is 123 cm³/mol. The topological polar surface area (TPSA) is 123 Å². The van der Waals surface area contributed by atoms with E-state index in [-0.39, 0.29) is 25.0 Å². The normalized spacial score (nSPS) is 11.3. The van der Waals surface area contributed by atoms with Gasteiger partial charge in [-0.25, -0.2) is 0 Å². The largest absolute Gasteiger partial charge is 2.00 e. The van der Waals surface area contributed by atoms with Crippen LogP contribution in [0.2, 0.25) is 0 Å². The first-order valence-electron chi connectivity index (χ1n) is 9.50. The fraction of sp³-hybridized carbons (Fsp3) is 0.0455. The molecule has 37 heavy (non-hydrogen) atoms. The molecule has 0 saturated heterocycles. The molecule has 0 unspecified atom stereocenters. The van der Waals surface area contributed by atoms with Gasteiger partial charge in [-0.05, 0) is 55.5 Å². The molecule has 0 bridgehead atoms. The Bertz CT molecular complexity index is 1000. The van der Waals surface area contributed by atoms with Crippen molar-refractivity contribution in [3.05, 3.63) is 97.6 Å². The van der Waals surface area contributed by atoms with E-state index in [0.717, 1.165) is 29.7 Å². The summed E-state index contributed by atoms with van der Waals surface area (Å²) in [4.78, 5) is 25.6. The molecular formula is C22H21F6N4O3PZn. The van der Waals surface area contributed by atoms with Crippen molar-refractivity contribution in [3.63, 3.8) is 0 Å². The van der Waals surface area contributed by atoms with Crippen molar-refractivity contribution in [1.29, 1.82) is 0 Å². The fourth-order valence-electron chi connectivity index (χ4n) is 2.06. The van der Waals surface area contributed by atoms with E-state index in [4.69, 9.17) is 9.90 Å². The average molecular weight is 600 g/mol. The summed E-state index contributed by atoms with van der Waals surface area (Å²) in [5.41, 5.74) is 3.66. The molecule has 0 fully saturated rings. The van der Waals surface area contributed by atoms with Crippen LogP contribution in [0.25, 0.3) is 22.8 Å². The molecular weight excluding hydrogens is 579 g/mol. The van der Waals surface area contributed by atoms with Gasteiger partial charge in [-0.3, -0.25) is 19.9 Å². The molecule has 2 N–H and O–H groups in total. The number of hydrogen-bond acceptors (Lipinski definition) is 6. The van der Waals surface area contributed by atoms with E-state index < -0.39 is 13.8 Å². The number of carboxylic acid groups (broad SMARTS) is 1. The smallest absolute Gasteiger partial charge is 0.412 e. The average Bonchev–Trinajstić information content (AvgIpc) is 2.80. The molecule has 4 rings (SSSR count). The number of nitrogens with zero attached hydrogens (tertiary/aromatic N) is 4. The number of rotatable bonds is 2. The second-order valence-electron chi connectivity index (χ2n) is 6.31. The minimum Gasteiger partial charge on any atom is -0.412 e. The fourth-order valence-corrected chi connectivity index (χ4v) is 2.06. The van der Waals surface area contributed by atoms with Gasteiger partial charge in [-0.2, -0.15) is 0 Å². The van der Waals surface area contributed by atoms with Gasteiger partial charge in [0.2, 0.25) is 0 Å². The van der Waals surface area contributed by atoms with Crippen LogP contribution in [-0.2, 0) is 24.3 Å². The first-order valence-corrected chi connectivity index (χ1v) is 11.5. The van der Waals surface area contributed by atoms with E-state index in [2.05, 4.69) is 19.9 Å². The summed E-state index contributed by atoms with van der Waals surface area (Å²) < 4.78 is 59.2. The Kier molecular flexibility index (Phi) is 14.6. The standard InChI is InChI=1S/2C10H8N2.C2H4O2.F6P.H2O.Zn/c2*1-3-7-11-9(5-1)10-6-2-4-8-12-10;1-2(3)4;1-7(2,3,4,5)6;;/h2*1-8H;1H3,(H,3,4);;1H2;/q;;;-1;;+2/p-1. The van der Waals surface area contributed by atoms with E-state index >= 15 is 0 Å². The number of carboxylic acids is 1. The van der Waals surface area contributed by atoms with Crippen LogP contribution < -0.4 is 5.11 Å². The van der Waals surface area contributed by atoms with E-state index in [9.17, 15) is 25.2 Å². The van der Waals surface area contributed by atoms with Gasteiger partial charge in [0.15, 0.2) is 0 Å². The van der Waals surface area contributed by atoms with Crippen LogP contribution in [0.4, 0.5) is 25.2 Å². The van der Waals surface area contributed by atoms with Crippen molar-refractivity contribution in [3.8, 4) is 22.8 Å². The predicted octanol–water partition coefficient (Wildman–Crippen LogP) is 5.60. The summed E-state index contributed by atoms with van der Waals surface area (Å²) in [6.45, 7) is 0.972. The van der Waals surface area contributed by atoms with Crippen molar-refractivity contribution in [1.82, 2.24) is 19.9 Å².